The number of carboxylic acid groups (broad SMARTS) is 1. The van der Waals surface area contributed by atoms with Crippen LogP contribution in [0.2, 0.25) is 0 Å². The molecule has 0 spiro atoms. The van der Waals surface area contributed by atoms with Crippen molar-refractivity contribution in [1.29, 1.82) is 0 Å². The molecule has 0 atom stereocenters. The van der Waals surface area contributed by atoms with Gasteiger partial charge in [0.05, 0.1) is 18.7 Å². The fraction of sp³-hybridized carbons (Fsp3) is 0.250. The molecule has 21 heavy (non-hydrogen) atoms. The molecule has 4 nitrogen and oxygen atoms in total. The molecule has 1 aromatic heterocycles. The van der Waals surface area contributed by atoms with Gasteiger partial charge in [-0.3, -0.25) is 9.78 Å². The Hall–Kier alpha value is -1.88. The first-order valence-electron chi connectivity index (χ1n) is 6.68. The number of aliphatic carboxylic acids is 1. The van der Waals surface area contributed by atoms with E-state index in [9.17, 15) is 4.79 Å². The van der Waals surface area contributed by atoms with Gasteiger partial charge in [-0.15, -0.1) is 0 Å². The van der Waals surface area contributed by atoms with Crippen LogP contribution in [0.3, 0.4) is 0 Å². The lowest BCUT2D eigenvalue weighted by Gasteiger charge is -2.24. The first-order valence-corrected chi connectivity index (χ1v) is 7.48. The summed E-state index contributed by atoms with van der Waals surface area (Å²) in [6.07, 6.45) is 1.85. The molecular formula is C16H17BrN2O2. The molecule has 2 rings (SSSR count). The van der Waals surface area contributed by atoms with Crippen LogP contribution in [0.15, 0.2) is 47.1 Å². The van der Waals surface area contributed by atoms with Crippen LogP contribution in [0.1, 0.15) is 17.7 Å². The summed E-state index contributed by atoms with van der Waals surface area (Å²) in [5.41, 5.74) is 3.09. The maximum absolute atomic E-state index is 10.8. The van der Waals surface area contributed by atoms with Gasteiger partial charge in [0.1, 0.15) is 0 Å². The third-order valence-corrected chi connectivity index (χ3v) is 3.61. The fourth-order valence-electron chi connectivity index (χ4n) is 1.98. The number of rotatable bonds is 6. The van der Waals surface area contributed by atoms with E-state index in [1.165, 1.54) is 5.56 Å². The minimum absolute atomic E-state index is 0.102. The maximum Gasteiger partial charge on any atom is 0.305 e. The van der Waals surface area contributed by atoms with Gasteiger partial charge in [-0.05, 0) is 47.1 Å². The van der Waals surface area contributed by atoms with Gasteiger partial charge in [-0.1, -0.05) is 17.7 Å². The topological polar surface area (TPSA) is 53.4 Å². The van der Waals surface area contributed by atoms with Crippen molar-refractivity contribution in [2.75, 3.05) is 11.4 Å². The number of aromatic nitrogens is 1. The molecular weight excluding hydrogens is 332 g/mol. The fourth-order valence-corrected chi connectivity index (χ4v) is 2.22. The summed E-state index contributed by atoms with van der Waals surface area (Å²) in [5.74, 6) is -0.795. The van der Waals surface area contributed by atoms with E-state index in [1.54, 1.807) is 6.20 Å². The molecule has 0 amide bonds. The van der Waals surface area contributed by atoms with Gasteiger partial charge in [-0.2, -0.15) is 0 Å². The van der Waals surface area contributed by atoms with Gasteiger partial charge < -0.3 is 10.0 Å². The molecule has 1 aromatic carbocycles. The van der Waals surface area contributed by atoms with Gasteiger partial charge in [0.25, 0.3) is 0 Å². The summed E-state index contributed by atoms with van der Waals surface area (Å²) in [7, 11) is 0. The highest BCUT2D eigenvalue weighted by Gasteiger charge is 2.10. The van der Waals surface area contributed by atoms with Crippen LogP contribution in [0.5, 0.6) is 0 Å². The molecule has 0 aliphatic carbocycles. The number of carboxylic acids is 1. The molecule has 1 N–H and O–H groups in total. The van der Waals surface area contributed by atoms with E-state index in [2.05, 4.69) is 20.9 Å². The van der Waals surface area contributed by atoms with E-state index in [0.29, 0.717) is 13.1 Å². The van der Waals surface area contributed by atoms with E-state index in [1.807, 2.05) is 48.2 Å². The van der Waals surface area contributed by atoms with E-state index < -0.39 is 5.97 Å². The Morgan fingerprint density at radius 3 is 2.52 bits per heavy atom. The average Bonchev–Trinajstić information content (AvgIpc) is 2.46. The van der Waals surface area contributed by atoms with Crippen molar-refractivity contribution in [2.45, 2.75) is 19.9 Å². The first kappa shape index (κ1) is 15.5. The van der Waals surface area contributed by atoms with Gasteiger partial charge >= 0.3 is 5.97 Å². The minimum Gasteiger partial charge on any atom is -0.481 e. The van der Waals surface area contributed by atoms with Crippen LogP contribution in [0.4, 0.5) is 5.69 Å². The second kappa shape index (κ2) is 7.22. The molecule has 5 heteroatoms. The molecule has 0 saturated heterocycles. The lowest BCUT2D eigenvalue weighted by atomic mass is 10.2. The highest BCUT2D eigenvalue weighted by molar-refractivity contribution is 9.10. The number of benzene rings is 1. The van der Waals surface area contributed by atoms with Crippen molar-refractivity contribution >= 4 is 27.6 Å². The molecule has 0 aliphatic heterocycles. The van der Waals surface area contributed by atoms with Crippen molar-refractivity contribution in [3.8, 4) is 0 Å². The number of hydrogen-bond acceptors (Lipinski definition) is 3. The molecule has 0 bridgehead atoms. The van der Waals surface area contributed by atoms with Gasteiger partial charge in [0.15, 0.2) is 0 Å². The number of halogens is 1. The summed E-state index contributed by atoms with van der Waals surface area (Å²) >= 11 is 3.36. The van der Waals surface area contributed by atoms with Crippen molar-refractivity contribution in [3.63, 3.8) is 0 Å². The molecule has 0 fully saturated rings. The van der Waals surface area contributed by atoms with Gasteiger partial charge in [-0.25, -0.2) is 0 Å². The second-order valence-corrected chi connectivity index (χ2v) is 5.78. The van der Waals surface area contributed by atoms with Gasteiger partial charge in [0.2, 0.25) is 0 Å². The summed E-state index contributed by atoms with van der Waals surface area (Å²) in [6.45, 7) is 3.07. The van der Waals surface area contributed by atoms with E-state index in [4.69, 9.17) is 5.11 Å². The number of anilines is 1. The molecule has 0 radical (unpaired) electrons. The molecule has 1 heterocycles. The zero-order chi connectivity index (χ0) is 15.2. The number of nitrogens with zero attached hydrogens (tertiary/aromatic N) is 2. The third-order valence-electron chi connectivity index (χ3n) is 3.14. The number of hydrogen-bond donors (Lipinski definition) is 1. The standard InChI is InChI=1S/C16H17BrN2O2/c1-12-2-6-15(7-3-12)19(9-8-16(20)21)11-14-5-4-13(17)10-18-14/h2-7,10H,8-9,11H2,1H3,(H,20,21). The first-order chi connectivity index (χ1) is 10.0. The Balaban J connectivity index is 2.16. The third kappa shape index (κ3) is 4.86. The lowest BCUT2D eigenvalue weighted by molar-refractivity contribution is -0.136. The van der Waals surface area contributed by atoms with Crippen molar-refractivity contribution in [2.24, 2.45) is 0 Å². The summed E-state index contributed by atoms with van der Waals surface area (Å²) in [6, 6.07) is 11.9. The second-order valence-electron chi connectivity index (χ2n) is 4.87. The number of pyridine rings is 1. The largest absolute Gasteiger partial charge is 0.481 e. The average molecular weight is 349 g/mol. The Labute approximate surface area is 132 Å². The van der Waals surface area contributed by atoms with Crippen LogP contribution in [-0.4, -0.2) is 22.6 Å². The molecule has 0 unspecified atom stereocenters. The number of carbonyl (C=O) groups is 1. The predicted octanol–water partition coefficient (Wildman–Crippen LogP) is 3.63. The van der Waals surface area contributed by atoms with Crippen LogP contribution in [0, 0.1) is 6.92 Å². The molecule has 0 aliphatic rings. The highest BCUT2D eigenvalue weighted by Crippen LogP contribution is 2.18. The van der Waals surface area contributed by atoms with Crippen LogP contribution in [0.25, 0.3) is 0 Å². The highest BCUT2D eigenvalue weighted by atomic mass is 79.9. The van der Waals surface area contributed by atoms with Crippen molar-refractivity contribution in [1.82, 2.24) is 4.98 Å². The summed E-state index contributed by atoms with van der Waals surface area (Å²) in [5, 5.41) is 8.91. The quantitative estimate of drug-likeness (QED) is 0.865. The SMILES string of the molecule is Cc1ccc(N(CCC(=O)O)Cc2ccc(Br)cn2)cc1. The summed E-state index contributed by atoms with van der Waals surface area (Å²) in [4.78, 5) is 17.2. The van der Waals surface area contributed by atoms with E-state index in [0.717, 1.165) is 15.9 Å². The van der Waals surface area contributed by atoms with E-state index >= 15 is 0 Å². The maximum atomic E-state index is 10.8. The zero-order valence-electron chi connectivity index (χ0n) is 11.8. The van der Waals surface area contributed by atoms with Crippen LogP contribution < -0.4 is 4.90 Å². The normalized spacial score (nSPS) is 10.4. The van der Waals surface area contributed by atoms with Gasteiger partial charge in [0, 0.05) is 22.9 Å². The summed E-state index contributed by atoms with van der Waals surface area (Å²) < 4.78 is 0.929. The number of aryl methyl sites for hydroxylation is 1. The zero-order valence-corrected chi connectivity index (χ0v) is 13.4. The van der Waals surface area contributed by atoms with Crippen molar-refractivity contribution < 1.29 is 9.90 Å². The lowest BCUT2D eigenvalue weighted by Crippen LogP contribution is -2.26. The van der Waals surface area contributed by atoms with Crippen molar-refractivity contribution in [3.05, 3.63) is 58.3 Å². The Morgan fingerprint density at radius 2 is 1.95 bits per heavy atom. The predicted molar refractivity (Wildman–Crippen MR) is 86.4 cm³/mol. The monoisotopic (exact) mass is 348 g/mol. The Kier molecular flexibility index (Phi) is 5.33. The molecule has 0 saturated carbocycles. The van der Waals surface area contributed by atoms with E-state index in [-0.39, 0.29) is 6.42 Å². The Bertz CT molecular complexity index is 597. The smallest absolute Gasteiger partial charge is 0.305 e. The molecule has 110 valence electrons. The van der Waals surface area contributed by atoms with Crippen LogP contribution >= 0.6 is 15.9 Å². The van der Waals surface area contributed by atoms with Crippen LogP contribution in [-0.2, 0) is 11.3 Å². The molecule has 2 aromatic rings. The Morgan fingerprint density at radius 1 is 1.24 bits per heavy atom. The minimum atomic E-state index is -0.795.